The lowest BCUT2D eigenvalue weighted by atomic mass is 10.1. The second-order valence-electron chi connectivity index (χ2n) is 6.23. The van der Waals surface area contributed by atoms with Crippen molar-refractivity contribution in [1.29, 1.82) is 0 Å². The monoisotopic (exact) mass is 416 g/mol. The van der Waals surface area contributed by atoms with E-state index in [1.54, 1.807) is 31.4 Å². The Bertz CT molecular complexity index is 1070. The standard InChI is InChI=1S/C20H17ClN2O4S/c1-10-17(12(3)24)11(2)22-18(10)16(25)8-27-20(26)15-9-28-19(23-15)13-4-6-14(21)7-5-13/h4-7,9,22H,8H2,1-3H3. The van der Waals surface area contributed by atoms with Gasteiger partial charge in [-0.05, 0) is 38.5 Å². The van der Waals surface area contributed by atoms with Gasteiger partial charge in [0.1, 0.15) is 5.01 Å². The van der Waals surface area contributed by atoms with Crippen molar-refractivity contribution in [1.82, 2.24) is 9.97 Å². The van der Waals surface area contributed by atoms with Gasteiger partial charge >= 0.3 is 5.97 Å². The molecule has 3 aromatic rings. The largest absolute Gasteiger partial charge is 0.452 e. The number of aromatic nitrogens is 2. The lowest BCUT2D eigenvalue weighted by molar-refractivity contribution is 0.0468. The first-order valence-electron chi connectivity index (χ1n) is 8.39. The third-order valence-electron chi connectivity index (χ3n) is 4.21. The minimum Gasteiger partial charge on any atom is -0.452 e. The average molecular weight is 417 g/mol. The molecule has 0 atom stereocenters. The highest BCUT2D eigenvalue weighted by Gasteiger charge is 2.21. The Labute approximate surface area is 170 Å². The van der Waals surface area contributed by atoms with E-state index in [9.17, 15) is 14.4 Å². The van der Waals surface area contributed by atoms with Crippen molar-refractivity contribution < 1.29 is 19.1 Å². The molecule has 3 rings (SSSR count). The number of nitrogens with one attached hydrogen (secondary N) is 1. The van der Waals surface area contributed by atoms with Gasteiger partial charge in [0.15, 0.2) is 18.1 Å². The first-order valence-corrected chi connectivity index (χ1v) is 9.65. The van der Waals surface area contributed by atoms with Crippen LogP contribution in [0.5, 0.6) is 0 Å². The summed E-state index contributed by atoms with van der Waals surface area (Å²) >= 11 is 7.17. The van der Waals surface area contributed by atoms with E-state index < -0.39 is 18.4 Å². The molecular formula is C20H17ClN2O4S. The number of ketones is 2. The Morgan fingerprint density at radius 2 is 1.86 bits per heavy atom. The van der Waals surface area contributed by atoms with Crippen LogP contribution in [0.25, 0.3) is 10.6 Å². The minimum absolute atomic E-state index is 0.125. The van der Waals surface area contributed by atoms with E-state index in [4.69, 9.17) is 16.3 Å². The topological polar surface area (TPSA) is 89.1 Å². The van der Waals surface area contributed by atoms with E-state index in [2.05, 4.69) is 9.97 Å². The van der Waals surface area contributed by atoms with Gasteiger partial charge in [0.25, 0.3) is 0 Å². The maximum Gasteiger partial charge on any atom is 0.358 e. The summed E-state index contributed by atoms with van der Waals surface area (Å²) in [5.74, 6) is -1.22. The first kappa shape index (κ1) is 20.0. The molecule has 6 nitrogen and oxygen atoms in total. The van der Waals surface area contributed by atoms with Crippen LogP contribution in [-0.2, 0) is 4.74 Å². The number of hydrogen-bond donors (Lipinski definition) is 1. The van der Waals surface area contributed by atoms with Gasteiger partial charge in [-0.2, -0.15) is 0 Å². The van der Waals surface area contributed by atoms with E-state index in [0.717, 1.165) is 5.56 Å². The number of thiazole rings is 1. The molecule has 8 heteroatoms. The summed E-state index contributed by atoms with van der Waals surface area (Å²) in [7, 11) is 0. The van der Waals surface area contributed by atoms with Gasteiger partial charge in [-0.15, -0.1) is 11.3 Å². The van der Waals surface area contributed by atoms with Crippen LogP contribution in [0.2, 0.25) is 5.02 Å². The van der Waals surface area contributed by atoms with Gasteiger partial charge in [0, 0.05) is 27.2 Å². The van der Waals surface area contributed by atoms with Gasteiger partial charge in [0.2, 0.25) is 5.78 Å². The molecule has 2 aromatic heterocycles. The van der Waals surface area contributed by atoms with Crippen molar-refractivity contribution in [3.63, 3.8) is 0 Å². The van der Waals surface area contributed by atoms with Crippen molar-refractivity contribution in [2.75, 3.05) is 6.61 Å². The van der Waals surface area contributed by atoms with Crippen LogP contribution < -0.4 is 0 Å². The van der Waals surface area contributed by atoms with Crippen LogP contribution in [0.15, 0.2) is 29.6 Å². The molecule has 0 bridgehead atoms. The predicted molar refractivity (Wildman–Crippen MR) is 107 cm³/mol. The van der Waals surface area contributed by atoms with Crippen LogP contribution in [-0.4, -0.2) is 34.1 Å². The molecule has 0 aliphatic carbocycles. The molecule has 0 saturated heterocycles. The van der Waals surface area contributed by atoms with Crippen molar-refractivity contribution in [2.45, 2.75) is 20.8 Å². The Hall–Kier alpha value is -2.77. The number of rotatable bonds is 6. The number of nitrogens with zero attached hydrogens (tertiary/aromatic N) is 1. The molecule has 144 valence electrons. The Kier molecular flexibility index (Phi) is 5.76. The number of hydrogen-bond acceptors (Lipinski definition) is 6. The molecule has 0 amide bonds. The highest BCUT2D eigenvalue weighted by atomic mass is 35.5. The minimum atomic E-state index is -0.683. The predicted octanol–water partition coefficient (Wildman–Crippen LogP) is 4.65. The maximum absolute atomic E-state index is 12.4. The number of benzene rings is 1. The fourth-order valence-electron chi connectivity index (χ4n) is 2.93. The maximum atomic E-state index is 12.4. The third-order valence-corrected chi connectivity index (χ3v) is 5.35. The Morgan fingerprint density at radius 1 is 1.18 bits per heavy atom. The van der Waals surface area contributed by atoms with Gasteiger partial charge < -0.3 is 9.72 Å². The number of Topliss-reactive ketones (excluding diaryl/α,β-unsaturated/α-hetero) is 2. The SMILES string of the molecule is CC(=O)c1c(C)[nH]c(C(=O)COC(=O)c2csc(-c3ccc(Cl)cc3)n2)c1C. The number of aryl methyl sites for hydroxylation is 1. The fourth-order valence-corrected chi connectivity index (χ4v) is 3.85. The van der Waals surface area contributed by atoms with Crippen LogP contribution in [0.1, 0.15) is 49.5 Å². The van der Waals surface area contributed by atoms with E-state index >= 15 is 0 Å². The molecule has 1 aromatic carbocycles. The summed E-state index contributed by atoms with van der Waals surface area (Å²) in [6.07, 6.45) is 0. The summed E-state index contributed by atoms with van der Waals surface area (Å²) in [5.41, 5.74) is 2.90. The molecule has 1 N–H and O–H groups in total. The first-order chi connectivity index (χ1) is 13.3. The smallest absolute Gasteiger partial charge is 0.358 e. The third kappa shape index (κ3) is 4.05. The van der Waals surface area contributed by atoms with E-state index in [-0.39, 0.29) is 17.2 Å². The number of halogens is 1. The van der Waals surface area contributed by atoms with Gasteiger partial charge in [-0.25, -0.2) is 9.78 Å². The molecule has 0 saturated carbocycles. The normalized spacial score (nSPS) is 10.7. The summed E-state index contributed by atoms with van der Waals surface area (Å²) in [6, 6.07) is 7.10. The van der Waals surface area contributed by atoms with Gasteiger partial charge in [0.05, 0.1) is 5.69 Å². The zero-order valence-electron chi connectivity index (χ0n) is 15.5. The number of carbonyl (C=O) groups is 3. The Balaban J connectivity index is 1.68. The molecule has 0 unspecified atom stereocenters. The zero-order valence-corrected chi connectivity index (χ0v) is 17.0. The van der Waals surface area contributed by atoms with Gasteiger partial charge in [-0.1, -0.05) is 23.7 Å². The number of esters is 1. The van der Waals surface area contributed by atoms with E-state index in [1.807, 2.05) is 12.1 Å². The average Bonchev–Trinajstić information content (AvgIpc) is 3.25. The number of ether oxygens (including phenoxy) is 1. The van der Waals surface area contributed by atoms with Crippen molar-refractivity contribution in [3.05, 3.63) is 62.9 Å². The molecule has 28 heavy (non-hydrogen) atoms. The molecule has 0 radical (unpaired) electrons. The lowest BCUT2D eigenvalue weighted by Crippen LogP contribution is -2.15. The van der Waals surface area contributed by atoms with Crippen LogP contribution >= 0.6 is 22.9 Å². The molecule has 0 spiro atoms. The fraction of sp³-hybridized carbons (Fsp3) is 0.200. The van der Waals surface area contributed by atoms with Crippen molar-refractivity contribution in [3.8, 4) is 10.6 Å². The molecule has 2 heterocycles. The Morgan fingerprint density at radius 3 is 2.46 bits per heavy atom. The highest BCUT2D eigenvalue weighted by Crippen LogP contribution is 2.25. The second-order valence-corrected chi connectivity index (χ2v) is 7.52. The summed E-state index contributed by atoms with van der Waals surface area (Å²) in [4.78, 5) is 43.5. The number of carbonyl (C=O) groups excluding carboxylic acids is 3. The zero-order chi connectivity index (χ0) is 20.4. The summed E-state index contributed by atoms with van der Waals surface area (Å²) < 4.78 is 5.11. The van der Waals surface area contributed by atoms with E-state index in [0.29, 0.717) is 26.9 Å². The summed E-state index contributed by atoms with van der Waals surface area (Å²) in [5, 5.41) is 2.84. The quantitative estimate of drug-likeness (QED) is 0.466. The van der Waals surface area contributed by atoms with Crippen molar-refractivity contribution in [2.24, 2.45) is 0 Å². The van der Waals surface area contributed by atoms with E-state index in [1.165, 1.54) is 18.3 Å². The number of aromatic amines is 1. The molecule has 0 aliphatic rings. The van der Waals surface area contributed by atoms with Crippen molar-refractivity contribution >= 4 is 40.5 Å². The number of H-pyrrole nitrogens is 1. The van der Waals surface area contributed by atoms with Crippen LogP contribution in [0.4, 0.5) is 0 Å². The van der Waals surface area contributed by atoms with Crippen LogP contribution in [0, 0.1) is 13.8 Å². The lowest BCUT2D eigenvalue weighted by Gasteiger charge is -2.03. The molecule has 0 fully saturated rings. The van der Waals surface area contributed by atoms with Gasteiger partial charge in [-0.3, -0.25) is 9.59 Å². The second kappa shape index (κ2) is 8.08. The van der Waals surface area contributed by atoms with Crippen LogP contribution in [0.3, 0.4) is 0 Å². The molecule has 0 aliphatic heterocycles. The molecular weight excluding hydrogens is 400 g/mol. The summed E-state index contributed by atoms with van der Waals surface area (Å²) in [6.45, 7) is 4.41. The highest BCUT2D eigenvalue weighted by molar-refractivity contribution is 7.13.